The highest BCUT2D eigenvalue weighted by atomic mass is 32.4. The van der Waals surface area contributed by atoms with Gasteiger partial charge in [0.25, 0.3) is 5.65 Å². The van der Waals surface area contributed by atoms with Crippen LogP contribution in [0.25, 0.3) is 11.7 Å². The van der Waals surface area contributed by atoms with Crippen molar-refractivity contribution in [1.29, 1.82) is 0 Å². The van der Waals surface area contributed by atoms with Gasteiger partial charge >= 0.3 is 0 Å². The third-order valence-electron chi connectivity index (χ3n) is 6.30. The van der Waals surface area contributed by atoms with Crippen molar-refractivity contribution in [1.82, 2.24) is 4.57 Å². The first-order valence-corrected chi connectivity index (χ1v) is 14.4. The molecule has 5 rings (SSSR count). The van der Waals surface area contributed by atoms with E-state index in [1.165, 1.54) is 21.7 Å². The number of methoxy groups -OCH3 is 1. The summed E-state index contributed by atoms with van der Waals surface area (Å²) in [5.74, 6) is 0.860. The Labute approximate surface area is 212 Å². The Morgan fingerprint density at radius 1 is 0.857 bits per heavy atom. The number of hydrogen-bond acceptors (Lipinski definition) is 2. The van der Waals surface area contributed by atoms with Crippen LogP contribution in [-0.2, 0) is 18.4 Å². The molecule has 0 aliphatic heterocycles. The Morgan fingerprint density at radius 2 is 1.51 bits per heavy atom. The van der Waals surface area contributed by atoms with Crippen LogP contribution in [0.3, 0.4) is 0 Å². The predicted octanol–water partition coefficient (Wildman–Crippen LogP) is 5.01. The summed E-state index contributed by atoms with van der Waals surface area (Å²) < 4.78 is 10.0. The van der Waals surface area contributed by atoms with E-state index in [1.807, 2.05) is 18.2 Å². The van der Waals surface area contributed by atoms with Crippen molar-refractivity contribution in [3.05, 3.63) is 127 Å². The zero-order valence-electron chi connectivity index (χ0n) is 19.9. The van der Waals surface area contributed by atoms with Crippen molar-refractivity contribution in [2.45, 2.75) is 13.5 Å². The molecule has 5 aromatic rings. The number of hydrogen-bond donors (Lipinski definition) is 0. The number of aromatic nitrogens is 2. The average Bonchev–Trinajstić information content (AvgIpc) is 3.21. The predicted molar refractivity (Wildman–Crippen MR) is 150 cm³/mol. The zero-order chi connectivity index (χ0) is 24.3. The van der Waals surface area contributed by atoms with E-state index in [9.17, 15) is 0 Å². The molecule has 0 atom stereocenters. The second-order valence-corrected chi connectivity index (χ2v) is 12.7. The maximum atomic E-state index is 6.69. The molecule has 0 fully saturated rings. The number of benzene rings is 3. The van der Waals surface area contributed by atoms with Crippen molar-refractivity contribution in [3.63, 3.8) is 0 Å². The fourth-order valence-electron chi connectivity index (χ4n) is 4.62. The normalized spacial score (nSPS) is 11.8. The van der Waals surface area contributed by atoms with Crippen LogP contribution in [0.2, 0.25) is 0 Å². The zero-order valence-corrected chi connectivity index (χ0v) is 21.6. The lowest BCUT2D eigenvalue weighted by molar-refractivity contribution is -0.490. The second kappa shape index (κ2) is 10.0. The lowest BCUT2D eigenvalue weighted by Crippen LogP contribution is -2.42. The number of imidazole rings is 1. The van der Waals surface area contributed by atoms with Crippen LogP contribution in [0.5, 0.6) is 5.75 Å². The van der Waals surface area contributed by atoms with Crippen molar-refractivity contribution < 1.29 is 9.14 Å². The highest BCUT2D eigenvalue weighted by Gasteiger charge is 2.36. The molecule has 35 heavy (non-hydrogen) atoms. The van der Waals surface area contributed by atoms with E-state index >= 15 is 0 Å². The number of rotatable bonds is 7. The third-order valence-corrected chi connectivity index (χ3v) is 11.3. The molecule has 0 amide bonds. The van der Waals surface area contributed by atoms with Gasteiger partial charge < -0.3 is 4.74 Å². The van der Waals surface area contributed by atoms with Gasteiger partial charge in [-0.2, -0.15) is 4.40 Å². The van der Waals surface area contributed by atoms with Gasteiger partial charge in [-0.25, -0.2) is 4.57 Å². The molecule has 2 aromatic heterocycles. The minimum atomic E-state index is -2.30. The summed E-state index contributed by atoms with van der Waals surface area (Å²) >= 11 is 6.69. The van der Waals surface area contributed by atoms with Crippen LogP contribution in [0.4, 0.5) is 0 Å². The molecule has 2 heterocycles. The minimum absolute atomic E-state index is 0.746. The largest absolute Gasteiger partial charge is 0.497 e. The van der Waals surface area contributed by atoms with E-state index in [0.717, 1.165) is 23.5 Å². The van der Waals surface area contributed by atoms with Gasteiger partial charge in [0.2, 0.25) is 0 Å². The Bertz CT molecular complexity index is 1500. The summed E-state index contributed by atoms with van der Waals surface area (Å²) in [4.78, 5) is 0. The van der Waals surface area contributed by atoms with Gasteiger partial charge in [0.1, 0.15) is 18.0 Å². The monoisotopic (exact) mass is 495 g/mol. The molecule has 0 aliphatic carbocycles. The molecular weight excluding hydrogens is 467 g/mol. The number of ether oxygens (including phenoxy) is 1. The highest BCUT2D eigenvalue weighted by Crippen LogP contribution is 2.42. The molecule has 0 spiro atoms. The summed E-state index contributed by atoms with van der Waals surface area (Å²) in [6.07, 6.45) is 6.49. The first-order valence-electron chi connectivity index (χ1n) is 11.6. The fraction of sp³-hybridized carbons (Fsp3) is 0.100. The van der Waals surface area contributed by atoms with E-state index in [1.54, 1.807) is 7.11 Å². The number of nitrogens with zero attached hydrogens (tertiary/aromatic N) is 2. The Kier molecular flexibility index (Phi) is 6.68. The van der Waals surface area contributed by atoms with Crippen LogP contribution in [0.1, 0.15) is 11.3 Å². The Morgan fingerprint density at radius 3 is 2.17 bits per heavy atom. The van der Waals surface area contributed by atoms with Gasteiger partial charge in [0, 0.05) is 13.0 Å². The van der Waals surface area contributed by atoms with Crippen LogP contribution in [0, 0.1) is 6.92 Å². The van der Waals surface area contributed by atoms with Gasteiger partial charge in [-0.15, -0.1) is 0 Å². The summed E-state index contributed by atoms with van der Waals surface area (Å²) in [5.41, 5.74) is 4.65. The lowest BCUT2D eigenvalue weighted by Gasteiger charge is -2.21. The standard InChI is InChI=1S/C30H28N2OPS/c1-24-30(34(35,27-16-5-3-6-17-27)28-18-7-4-8-19-28)32-21-10-9-20-29(32)31(24)22-12-14-25-13-11-15-26(23-25)33-2/h3-21,23H,22H2,1-2H3/q+1. The first-order chi connectivity index (χ1) is 17.1. The van der Waals surface area contributed by atoms with Crippen LogP contribution in [-0.4, -0.2) is 11.7 Å². The quantitative estimate of drug-likeness (QED) is 0.233. The molecule has 0 N–H and O–H groups in total. The first kappa shape index (κ1) is 23.3. The van der Waals surface area contributed by atoms with Crippen molar-refractivity contribution in [3.8, 4) is 5.75 Å². The average molecular weight is 496 g/mol. The second-order valence-electron chi connectivity index (χ2n) is 8.41. The van der Waals surface area contributed by atoms with Gasteiger partial charge in [0.05, 0.1) is 19.3 Å². The summed E-state index contributed by atoms with van der Waals surface area (Å²) in [6.45, 7) is 2.95. The number of fused-ring (bicyclic) bond motifs is 1. The summed E-state index contributed by atoms with van der Waals surface area (Å²) in [6, 6.07) is 33.4. The van der Waals surface area contributed by atoms with E-state index in [0.29, 0.717) is 0 Å². The van der Waals surface area contributed by atoms with Crippen molar-refractivity contribution in [2.24, 2.45) is 0 Å². The maximum absolute atomic E-state index is 6.69. The highest BCUT2D eigenvalue weighted by molar-refractivity contribution is 8.25. The van der Waals surface area contributed by atoms with E-state index in [-0.39, 0.29) is 0 Å². The summed E-state index contributed by atoms with van der Waals surface area (Å²) in [7, 11) is 1.69. The topological polar surface area (TPSA) is 18.3 Å². The third kappa shape index (κ3) is 4.36. The molecular formula is C30H28N2OPS+. The molecule has 3 aromatic carbocycles. The van der Waals surface area contributed by atoms with Gasteiger partial charge in [-0.1, -0.05) is 96.7 Å². The fourth-order valence-corrected chi connectivity index (χ4v) is 9.03. The molecule has 0 unspecified atom stereocenters. The lowest BCUT2D eigenvalue weighted by atomic mass is 10.2. The molecule has 174 valence electrons. The van der Waals surface area contributed by atoms with Gasteiger partial charge in [0.15, 0.2) is 5.44 Å². The minimum Gasteiger partial charge on any atom is -0.497 e. The molecule has 5 heteroatoms. The molecule has 0 saturated heterocycles. The van der Waals surface area contributed by atoms with Crippen molar-refractivity contribution in [2.75, 3.05) is 7.11 Å². The van der Waals surface area contributed by atoms with E-state index in [2.05, 4.69) is 119 Å². The SMILES string of the molecule is COc1cccc(C=CCn2c(C)c(P(=S)(c3ccccc3)c3ccccc3)[n+]3ccccc23)c1. The molecule has 0 radical (unpaired) electrons. The molecule has 0 bridgehead atoms. The molecule has 0 saturated carbocycles. The van der Waals surface area contributed by atoms with Gasteiger partial charge in [-0.3, -0.25) is 0 Å². The summed E-state index contributed by atoms with van der Waals surface area (Å²) in [5, 5.41) is 2.40. The Balaban J connectivity index is 1.66. The van der Waals surface area contributed by atoms with E-state index in [4.69, 9.17) is 16.5 Å². The smallest absolute Gasteiger partial charge is 0.287 e. The molecule has 0 aliphatic rings. The van der Waals surface area contributed by atoms with Crippen molar-refractivity contribution >= 4 is 45.6 Å². The van der Waals surface area contributed by atoms with E-state index < -0.39 is 6.04 Å². The van der Waals surface area contributed by atoms with Gasteiger partial charge in [-0.05, 0) is 40.4 Å². The van der Waals surface area contributed by atoms with Crippen LogP contribution < -0.4 is 25.2 Å². The Hall–Kier alpha value is -3.46. The van der Waals surface area contributed by atoms with Crippen LogP contribution in [0.15, 0.2) is 115 Å². The maximum Gasteiger partial charge on any atom is 0.287 e. The van der Waals surface area contributed by atoms with Crippen LogP contribution >= 0.6 is 6.04 Å². The number of pyridine rings is 1. The molecule has 3 nitrogen and oxygen atoms in total. The number of allylic oxidation sites excluding steroid dienone is 1.